The van der Waals surface area contributed by atoms with Gasteiger partial charge in [-0.05, 0) is 6.07 Å². The summed E-state index contributed by atoms with van der Waals surface area (Å²) in [5.41, 5.74) is 0. The molecule has 0 spiro atoms. The summed E-state index contributed by atoms with van der Waals surface area (Å²) in [5, 5.41) is 3.19. The van der Waals surface area contributed by atoms with Crippen LogP contribution in [-0.2, 0) is 0 Å². The number of thioether (sulfide) groups is 1. The van der Waals surface area contributed by atoms with Crippen molar-refractivity contribution in [2.45, 2.75) is 4.90 Å². The Hall–Kier alpha value is -0.570. The van der Waals surface area contributed by atoms with Gasteiger partial charge < -0.3 is 10.3 Å². The number of aromatic amines is 1. The zero-order valence-corrected chi connectivity index (χ0v) is 5.09. The number of H-pyrrole nitrogens is 1. The molecule has 42 valence electrons. The third kappa shape index (κ3) is 0.448. The van der Waals surface area contributed by atoms with Crippen LogP contribution in [0.15, 0.2) is 17.2 Å². The van der Waals surface area contributed by atoms with E-state index >= 15 is 0 Å². The van der Waals surface area contributed by atoms with Crippen molar-refractivity contribution in [1.82, 2.24) is 4.98 Å². The smallest absolute Gasteiger partial charge is 0.117 e. The summed E-state index contributed by atoms with van der Waals surface area (Å²) >= 11 is 1.83. The van der Waals surface area contributed by atoms with Crippen molar-refractivity contribution in [3.05, 3.63) is 12.3 Å². The normalized spacial score (nSPS) is 15.5. The van der Waals surface area contributed by atoms with Gasteiger partial charge in [0, 0.05) is 6.20 Å². The molecular weight excluding hydrogens is 120 g/mol. The Morgan fingerprint density at radius 1 is 1.62 bits per heavy atom. The molecule has 0 amide bonds. The van der Waals surface area contributed by atoms with E-state index in [-0.39, 0.29) is 0 Å². The molecule has 2 rings (SSSR count). The van der Waals surface area contributed by atoms with E-state index in [9.17, 15) is 0 Å². The largest absolute Gasteiger partial charge is 0.361 e. The molecule has 0 saturated carbocycles. The monoisotopic (exact) mass is 126 g/mol. The van der Waals surface area contributed by atoms with E-state index in [2.05, 4.69) is 16.4 Å². The van der Waals surface area contributed by atoms with E-state index in [1.165, 1.54) is 10.7 Å². The average molecular weight is 126 g/mol. The second kappa shape index (κ2) is 1.45. The maximum atomic E-state index is 3.19. The topological polar surface area (TPSA) is 27.8 Å². The first-order chi connectivity index (χ1) is 3.97. The van der Waals surface area contributed by atoms with E-state index in [1.807, 2.05) is 18.0 Å². The summed E-state index contributed by atoms with van der Waals surface area (Å²) in [6.45, 7) is 0. The third-order valence-electron chi connectivity index (χ3n) is 1.19. The SMILES string of the molecule is c1cc2c([nH]1)NCS2. The summed E-state index contributed by atoms with van der Waals surface area (Å²) in [6, 6.07) is 2.08. The molecule has 3 heteroatoms. The second-order valence-electron chi connectivity index (χ2n) is 1.68. The average Bonchev–Trinajstić information content (AvgIpc) is 2.15. The minimum Gasteiger partial charge on any atom is -0.361 e. The molecule has 0 fully saturated rings. The van der Waals surface area contributed by atoms with Gasteiger partial charge in [0.25, 0.3) is 0 Å². The highest BCUT2D eigenvalue weighted by molar-refractivity contribution is 7.99. The van der Waals surface area contributed by atoms with Crippen LogP contribution in [0.3, 0.4) is 0 Å². The van der Waals surface area contributed by atoms with Gasteiger partial charge in [-0.2, -0.15) is 0 Å². The van der Waals surface area contributed by atoms with Crippen molar-refractivity contribution in [2.24, 2.45) is 0 Å². The third-order valence-corrected chi connectivity index (χ3v) is 2.13. The van der Waals surface area contributed by atoms with Crippen LogP contribution < -0.4 is 5.32 Å². The molecule has 0 aliphatic carbocycles. The molecule has 0 atom stereocenters. The molecule has 0 aromatic carbocycles. The van der Waals surface area contributed by atoms with Crippen LogP contribution in [0.5, 0.6) is 0 Å². The molecule has 1 aliphatic rings. The lowest BCUT2D eigenvalue weighted by atomic mass is 10.6. The van der Waals surface area contributed by atoms with E-state index < -0.39 is 0 Å². The van der Waals surface area contributed by atoms with Gasteiger partial charge in [-0.3, -0.25) is 0 Å². The van der Waals surface area contributed by atoms with Crippen LogP contribution in [0.25, 0.3) is 0 Å². The van der Waals surface area contributed by atoms with Gasteiger partial charge >= 0.3 is 0 Å². The Kier molecular flexibility index (Phi) is 0.784. The quantitative estimate of drug-likeness (QED) is 0.551. The second-order valence-corrected chi connectivity index (χ2v) is 2.70. The van der Waals surface area contributed by atoms with Crippen molar-refractivity contribution < 1.29 is 0 Å². The molecule has 2 heterocycles. The Labute approximate surface area is 51.7 Å². The molecule has 2 N–H and O–H groups in total. The van der Waals surface area contributed by atoms with Crippen molar-refractivity contribution >= 4 is 17.6 Å². The lowest BCUT2D eigenvalue weighted by Crippen LogP contribution is -1.88. The lowest BCUT2D eigenvalue weighted by molar-refractivity contribution is 1.33. The van der Waals surface area contributed by atoms with Crippen LogP contribution in [0.4, 0.5) is 5.82 Å². The van der Waals surface area contributed by atoms with Crippen molar-refractivity contribution in [1.29, 1.82) is 0 Å². The van der Waals surface area contributed by atoms with Crippen LogP contribution in [0.1, 0.15) is 0 Å². The molecule has 1 aromatic heterocycles. The van der Waals surface area contributed by atoms with E-state index in [4.69, 9.17) is 0 Å². The highest BCUT2D eigenvalue weighted by Gasteiger charge is 2.08. The van der Waals surface area contributed by atoms with Gasteiger partial charge in [0.2, 0.25) is 0 Å². The van der Waals surface area contributed by atoms with Crippen molar-refractivity contribution in [3.63, 3.8) is 0 Å². The Balaban J connectivity index is 2.54. The first-order valence-electron chi connectivity index (χ1n) is 2.51. The molecule has 0 unspecified atom stereocenters. The van der Waals surface area contributed by atoms with Gasteiger partial charge in [-0.15, -0.1) is 11.8 Å². The van der Waals surface area contributed by atoms with Crippen LogP contribution in [0.2, 0.25) is 0 Å². The number of anilines is 1. The maximum Gasteiger partial charge on any atom is 0.117 e. The molecule has 0 bridgehead atoms. The molecule has 0 radical (unpaired) electrons. The minimum absolute atomic E-state index is 1.02. The van der Waals surface area contributed by atoms with Crippen molar-refractivity contribution in [3.8, 4) is 0 Å². The van der Waals surface area contributed by atoms with Crippen LogP contribution in [-0.4, -0.2) is 10.9 Å². The predicted octanol–water partition coefficient (Wildman–Crippen LogP) is 1.49. The summed E-state index contributed by atoms with van der Waals surface area (Å²) in [7, 11) is 0. The molecule has 2 nitrogen and oxygen atoms in total. The van der Waals surface area contributed by atoms with E-state index in [1.54, 1.807) is 0 Å². The number of hydrogen-bond acceptors (Lipinski definition) is 2. The number of fused-ring (bicyclic) bond motifs is 1. The summed E-state index contributed by atoms with van der Waals surface area (Å²) in [6.07, 6.45) is 1.95. The summed E-state index contributed by atoms with van der Waals surface area (Å²) in [4.78, 5) is 4.42. The first-order valence-corrected chi connectivity index (χ1v) is 3.49. The standard InChI is InChI=1S/C5H6N2S/c1-2-6-5-4(1)8-3-7-5/h1-2,6-7H,3H2. The van der Waals surface area contributed by atoms with E-state index in [0.717, 1.165) is 5.88 Å². The Morgan fingerprint density at radius 2 is 2.62 bits per heavy atom. The van der Waals surface area contributed by atoms with Gasteiger partial charge in [-0.1, -0.05) is 0 Å². The van der Waals surface area contributed by atoms with Gasteiger partial charge in [0.1, 0.15) is 5.82 Å². The van der Waals surface area contributed by atoms with Crippen molar-refractivity contribution in [2.75, 3.05) is 11.2 Å². The number of aromatic nitrogens is 1. The van der Waals surface area contributed by atoms with Crippen LogP contribution in [0, 0.1) is 0 Å². The zero-order chi connectivity index (χ0) is 5.40. The highest BCUT2D eigenvalue weighted by atomic mass is 32.2. The Morgan fingerprint density at radius 3 is 3.50 bits per heavy atom. The summed E-state index contributed by atoms with van der Waals surface area (Å²) in [5.74, 6) is 2.19. The van der Waals surface area contributed by atoms with E-state index in [0.29, 0.717) is 0 Å². The first kappa shape index (κ1) is 4.32. The van der Waals surface area contributed by atoms with Gasteiger partial charge in [-0.25, -0.2) is 0 Å². The predicted molar refractivity (Wildman–Crippen MR) is 35.1 cm³/mol. The maximum absolute atomic E-state index is 3.19. The number of rotatable bonds is 0. The molecule has 1 aliphatic heterocycles. The van der Waals surface area contributed by atoms with Gasteiger partial charge in [0.05, 0.1) is 10.8 Å². The molecule has 0 saturated heterocycles. The summed E-state index contributed by atoms with van der Waals surface area (Å²) < 4.78 is 0. The number of hydrogen-bond donors (Lipinski definition) is 2. The zero-order valence-electron chi connectivity index (χ0n) is 4.27. The molecular formula is C5H6N2S. The Bertz CT molecular complexity index is 176. The highest BCUT2D eigenvalue weighted by Crippen LogP contribution is 2.31. The fourth-order valence-electron chi connectivity index (χ4n) is 0.800. The van der Waals surface area contributed by atoms with Crippen LogP contribution >= 0.6 is 11.8 Å². The molecule has 8 heavy (non-hydrogen) atoms. The molecule has 1 aromatic rings. The fraction of sp³-hybridized carbons (Fsp3) is 0.200. The van der Waals surface area contributed by atoms with Gasteiger partial charge in [0.15, 0.2) is 0 Å². The lowest BCUT2D eigenvalue weighted by Gasteiger charge is -1.86. The minimum atomic E-state index is 1.02. The fourth-order valence-corrected chi connectivity index (χ4v) is 1.61. The number of nitrogens with one attached hydrogen (secondary N) is 2.